The molecule has 5 nitrogen and oxygen atoms in total. The third-order valence-electron chi connectivity index (χ3n) is 4.44. The van der Waals surface area contributed by atoms with Crippen LogP contribution < -0.4 is 16.0 Å². The van der Waals surface area contributed by atoms with E-state index in [9.17, 15) is 4.79 Å². The minimum Gasteiger partial charge on any atom is -0.357 e. The number of hydrogen-bond acceptors (Lipinski definition) is 4. The van der Waals surface area contributed by atoms with Crippen LogP contribution in [0.2, 0.25) is 0 Å². The number of hydrogen-bond donors (Lipinski definition) is 2. The molecule has 1 aromatic rings. The summed E-state index contributed by atoms with van der Waals surface area (Å²) in [6.07, 6.45) is 7.40. The maximum Gasteiger partial charge on any atom is 0.253 e. The smallest absolute Gasteiger partial charge is 0.253 e. The molecular weight excluding hydrogens is 264 g/mol. The summed E-state index contributed by atoms with van der Waals surface area (Å²) >= 11 is 0. The van der Waals surface area contributed by atoms with E-state index in [0.717, 1.165) is 50.6 Å². The first-order valence-corrected chi connectivity index (χ1v) is 7.98. The topological polar surface area (TPSA) is 71.2 Å². The predicted octanol–water partition coefficient (Wildman–Crippen LogP) is 1.54. The maximum absolute atomic E-state index is 11.9. The molecule has 2 fully saturated rings. The summed E-state index contributed by atoms with van der Waals surface area (Å²) in [7, 11) is 0. The van der Waals surface area contributed by atoms with Crippen LogP contribution >= 0.6 is 0 Å². The molecule has 21 heavy (non-hydrogen) atoms. The fourth-order valence-corrected chi connectivity index (χ4v) is 2.89. The molecule has 3 N–H and O–H groups in total. The Kier molecular flexibility index (Phi) is 4.39. The van der Waals surface area contributed by atoms with E-state index in [4.69, 9.17) is 5.73 Å². The van der Waals surface area contributed by atoms with E-state index in [2.05, 4.69) is 15.2 Å². The second-order valence-electron chi connectivity index (χ2n) is 6.16. The summed E-state index contributed by atoms with van der Waals surface area (Å²) in [4.78, 5) is 18.7. The number of carbonyl (C=O) groups excluding carboxylic acids is 1. The first kappa shape index (κ1) is 14.3. The highest BCUT2D eigenvalue weighted by molar-refractivity contribution is 5.94. The highest BCUT2D eigenvalue weighted by Gasteiger charge is 2.24. The van der Waals surface area contributed by atoms with E-state index >= 15 is 0 Å². The summed E-state index contributed by atoms with van der Waals surface area (Å²) in [6.45, 7) is 2.85. The standard InChI is InChI=1S/C16H24N4O/c17-8-5-12-6-9-20(10-7-12)15-4-1-13(11-18-15)16(21)19-14-2-3-14/h1,4,11-12,14H,2-3,5-10,17H2,(H,19,21). The van der Waals surface area contributed by atoms with E-state index in [-0.39, 0.29) is 5.91 Å². The maximum atomic E-state index is 11.9. The zero-order valence-corrected chi connectivity index (χ0v) is 12.4. The predicted molar refractivity (Wildman–Crippen MR) is 83.3 cm³/mol. The van der Waals surface area contributed by atoms with E-state index in [1.807, 2.05) is 12.1 Å². The number of nitrogens with one attached hydrogen (secondary N) is 1. The van der Waals surface area contributed by atoms with Gasteiger partial charge in [-0.1, -0.05) is 0 Å². The zero-order chi connectivity index (χ0) is 14.7. The van der Waals surface area contributed by atoms with Crippen LogP contribution in [0.25, 0.3) is 0 Å². The SMILES string of the molecule is NCCC1CCN(c2ccc(C(=O)NC3CC3)cn2)CC1. The fraction of sp³-hybridized carbons (Fsp3) is 0.625. The van der Waals surface area contributed by atoms with Crippen molar-refractivity contribution in [2.45, 2.75) is 38.1 Å². The van der Waals surface area contributed by atoms with Gasteiger partial charge in [0.05, 0.1) is 5.56 Å². The summed E-state index contributed by atoms with van der Waals surface area (Å²) in [5.74, 6) is 1.73. The molecule has 0 radical (unpaired) electrons. The molecule has 114 valence electrons. The fourth-order valence-electron chi connectivity index (χ4n) is 2.89. The van der Waals surface area contributed by atoms with Gasteiger partial charge in [-0.15, -0.1) is 0 Å². The molecule has 0 aromatic carbocycles. The van der Waals surface area contributed by atoms with Crippen molar-refractivity contribution in [2.24, 2.45) is 11.7 Å². The van der Waals surface area contributed by atoms with Crippen LogP contribution in [0.3, 0.4) is 0 Å². The van der Waals surface area contributed by atoms with E-state index in [1.165, 1.54) is 12.8 Å². The highest BCUT2D eigenvalue weighted by atomic mass is 16.1. The van der Waals surface area contributed by atoms with Crippen LogP contribution in [0, 0.1) is 5.92 Å². The van der Waals surface area contributed by atoms with Crippen molar-refractivity contribution in [1.29, 1.82) is 0 Å². The minimum absolute atomic E-state index is 0.00166. The van der Waals surface area contributed by atoms with Gasteiger partial charge in [0, 0.05) is 25.3 Å². The lowest BCUT2D eigenvalue weighted by Crippen LogP contribution is -2.35. The second-order valence-corrected chi connectivity index (χ2v) is 6.16. The zero-order valence-electron chi connectivity index (χ0n) is 12.4. The van der Waals surface area contributed by atoms with Crippen molar-refractivity contribution in [3.63, 3.8) is 0 Å². The molecule has 1 aliphatic carbocycles. The molecule has 2 heterocycles. The van der Waals surface area contributed by atoms with Gasteiger partial charge in [0.1, 0.15) is 5.82 Å². The Labute approximate surface area is 125 Å². The Hall–Kier alpha value is -1.62. The van der Waals surface area contributed by atoms with Crippen LogP contribution in [0.15, 0.2) is 18.3 Å². The largest absolute Gasteiger partial charge is 0.357 e. The Balaban J connectivity index is 1.55. The Bertz CT molecular complexity index is 476. The van der Waals surface area contributed by atoms with Crippen LogP contribution in [0.4, 0.5) is 5.82 Å². The lowest BCUT2D eigenvalue weighted by Gasteiger charge is -2.32. The monoisotopic (exact) mass is 288 g/mol. The summed E-state index contributed by atoms with van der Waals surface area (Å²) in [5.41, 5.74) is 6.28. The molecular formula is C16H24N4O. The molecule has 2 aliphatic rings. The molecule has 1 amide bonds. The number of amides is 1. The van der Waals surface area contributed by atoms with Gasteiger partial charge in [-0.25, -0.2) is 4.98 Å². The van der Waals surface area contributed by atoms with E-state index < -0.39 is 0 Å². The van der Waals surface area contributed by atoms with Crippen molar-refractivity contribution in [1.82, 2.24) is 10.3 Å². The molecule has 0 bridgehead atoms. The average molecular weight is 288 g/mol. The second kappa shape index (κ2) is 6.43. The van der Waals surface area contributed by atoms with Crippen LogP contribution in [0.5, 0.6) is 0 Å². The van der Waals surface area contributed by atoms with Gasteiger partial charge in [0.25, 0.3) is 5.91 Å². The number of carbonyl (C=O) groups is 1. The van der Waals surface area contributed by atoms with Gasteiger partial charge in [-0.05, 0) is 56.7 Å². The van der Waals surface area contributed by atoms with Crippen molar-refractivity contribution < 1.29 is 4.79 Å². The van der Waals surface area contributed by atoms with Gasteiger partial charge in [-0.2, -0.15) is 0 Å². The van der Waals surface area contributed by atoms with Gasteiger partial charge >= 0.3 is 0 Å². The minimum atomic E-state index is -0.00166. The average Bonchev–Trinajstić information content (AvgIpc) is 3.32. The Morgan fingerprint density at radius 2 is 2.05 bits per heavy atom. The number of anilines is 1. The van der Waals surface area contributed by atoms with Crippen molar-refractivity contribution in [3.05, 3.63) is 23.9 Å². The number of rotatable bonds is 5. The lowest BCUT2D eigenvalue weighted by atomic mass is 9.94. The third-order valence-corrected chi connectivity index (χ3v) is 4.44. The quantitative estimate of drug-likeness (QED) is 0.862. The molecule has 1 saturated heterocycles. The van der Waals surface area contributed by atoms with Crippen LogP contribution in [-0.4, -0.2) is 36.6 Å². The molecule has 1 saturated carbocycles. The summed E-state index contributed by atoms with van der Waals surface area (Å²) in [6, 6.07) is 4.23. The number of nitrogens with two attached hydrogens (primary N) is 1. The molecule has 0 spiro atoms. The lowest BCUT2D eigenvalue weighted by molar-refractivity contribution is 0.0950. The van der Waals surface area contributed by atoms with Gasteiger partial charge in [0.2, 0.25) is 0 Å². The first-order valence-electron chi connectivity index (χ1n) is 7.98. The van der Waals surface area contributed by atoms with Gasteiger partial charge < -0.3 is 16.0 Å². The Morgan fingerprint density at radius 1 is 1.29 bits per heavy atom. The summed E-state index contributed by atoms with van der Waals surface area (Å²) < 4.78 is 0. The number of aromatic nitrogens is 1. The third kappa shape index (κ3) is 3.73. The summed E-state index contributed by atoms with van der Waals surface area (Å²) in [5, 5.41) is 2.98. The van der Waals surface area contributed by atoms with Crippen LogP contribution in [0.1, 0.15) is 42.5 Å². The molecule has 3 rings (SSSR count). The number of nitrogens with zero attached hydrogens (tertiary/aromatic N) is 2. The molecule has 1 aliphatic heterocycles. The normalized spacial score (nSPS) is 19.6. The van der Waals surface area contributed by atoms with Crippen molar-refractivity contribution in [2.75, 3.05) is 24.5 Å². The number of pyridine rings is 1. The van der Waals surface area contributed by atoms with E-state index in [0.29, 0.717) is 11.6 Å². The molecule has 0 atom stereocenters. The molecule has 1 aromatic heterocycles. The van der Waals surface area contributed by atoms with Crippen molar-refractivity contribution in [3.8, 4) is 0 Å². The van der Waals surface area contributed by atoms with Crippen molar-refractivity contribution >= 4 is 11.7 Å². The number of piperidine rings is 1. The van der Waals surface area contributed by atoms with Crippen LogP contribution in [-0.2, 0) is 0 Å². The van der Waals surface area contributed by atoms with Gasteiger partial charge in [0.15, 0.2) is 0 Å². The molecule has 0 unspecified atom stereocenters. The Morgan fingerprint density at radius 3 is 2.62 bits per heavy atom. The molecule has 5 heteroatoms. The van der Waals surface area contributed by atoms with Gasteiger partial charge in [-0.3, -0.25) is 4.79 Å². The highest BCUT2D eigenvalue weighted by Crippen LogP contribution is 2.24. The van der Waals surface area contributed by atoms with E-state index in [1.54, 1.807) is 6.20 Å². The first-order chi connectivity index (χ1) is 10.3.